The number of likely N-dealkylation sites (N-methyl/N-ethyl adjacent to an activating group) is 1. The molecule has 0 aliphatic carbocycles. The molecule has 2 N–H and O–H groups in total. The molecule has 3 rings (SSSR count). The molecule has 6 heteroatoms. The van der Waals surface area contributed by atoms with Gasteiger partial charge in [0.1, 0.15) is 5.69 Å². The summed E-state index contributed by atoms with van der Waals surface area (Å²) in [4.78, 5) is 14.6. The molecule has 1 fully saturated rings. The van der Waals surface area contributed by atoms with Crippen LogP contribution in [0.5, 0.6) is 0 Å². The molecule has 116 valence electrons. The number of nitrogens with zero attached hydrogens (tertiary/aromatic N) is 2. The lowest BCUT2D eigenvalue weighted by Gasteiger charge is -2.15. The molecule has 2 unspecified atom stereocenters. The second kappa shape index (κ2) is 6.22. The summed E-state index contributed by atoms with van der Waals surface area (Å²) in [6.07, 6.45) is 0. The van der Waals surface area contributed by atoms with Crippen LogP contribution in [-0.2, 0) is 0 Å². The number of benzene rings is 1. The van der Waals surface area contributed by atoms with Crippen molar-refractivity contribution in [3.05, 3.63) is 40.5 Å². The zero-order valence-corrected chi connectivity index (χ0v) is 14.2. The highest BCUT2D eigenvalue weighted by Gasteiger charge is 2.29. The second-order valence-electron chi connectivity index (χ2n) is 5.95. The number of likely N-dealkylation sites (tertiary alicyclic amines) is 1. The highest BCUT2D eigenvalue weighted by Crippen LogP contribution is 2.21. The quantitative estimate of drug-likeness (QED) is 0.881. The average molecular weight is 363 g/mol. The number of carbonyl (C=O) groups excluding carboxylic acids is 1. The number of carbonyl (C=O) groups is 1. The highest BCUT2D eigenvalue weighted by atomic mass is 79.9. The van der Waals surface area contributed by atoms with Gasteiger partial charge < -0.3 is 10.2 Å². The van der Waals surface area contributed by atoms with Crippen molar-refractivity contribution in [1.82, 2.24) is 20.4 Å². The third-order valence-electron chi connectivity index (χ3n) is 4.07. The molecule has 1 aromatic carbocycles. The summed E-state index contributed by atoms with van der Waals surface area (Å²) in [5, 5.41) is 10.2. The number of aromatic amines is 1. The minimum absolute atomic E-state index is 0.0944. The maximum atomic E-state index is 12.3. The Kier molecular flexibility index (Phi) is 4.31. The maximum Gasteiger partial charge on any atom is 0.269 e. The minimum Gasteiger partial charge on any atom is -0.346 e. The summed E-state index contributed by atoms with van der Waals surface area (Å²) < 4.78 is 1.02. The third kappa shape index (κ3) is 3.23. The fraction of sp³-hybridized carbons (Fsp3) is 0.375. The minimum atomic E-state index is -0.0944. The van der Waals surface area contributed by atoms with Crippen molar-refractivity contribution < 1.29 is 4.79 Å². The first-order valence-electron chi connectivity index (χ1n) is 7.33. The molecule has 1 aromatic heterocycles. The normalized spacial score (nSPS) is 22.0. The Balaban J connectivity index is 1.70. The molecule has 1 amide bonds. The van der Waals surface area contributed by atoms with Crippen molar-refractivity contribution in [3.63, 3.8) is 0 Å². The third-order valence-corrected chi connectivity index (χ3v) is 4.60. The van der Waals surface area contributed by atoms with Crippen LogP contribution in [-0.4, -0.2) is 47.2 Å². The van der Waals surface area contributed by atoms with Crippen LogP contribution in [0.1, 0.15) is 17.4 Å². The molecule has 1 saturated heterocycles. The SMILES string of the molecule is CC1CN(C)CC1NC(=O)c1cc(-c2ccc(Br)cc2)n[nH]1. The molecule has 22 heavy (non-hydrogen) atoms. The Bertz CT molecular complexity index is 667. The van der Waals surface area contributed by atoms with E-state index in [1.54, 1.807) is 6.07 Å². The van der Waals surface area contributed by atoms with Crippen molar-refractivity contribution in [1.29, 1.82) is 0 Å². The fourth-order valence-corrected chi connectivity index (χ4v) is 3.11. The van der Waals surface area contributed by atoms with Crippen LogP contribution < -0.4 is 5.32 Å². The van der Waals surface area contributed by atoms with E-state index in [1.165, 1.54) is 0 Å². The highest BCUT2D eigenvalue weighted by molar-refractivity contribution is 9.10. The number of aromatic nitrogens is 2. The molecule has 1 aliphatic heterocycles. The van der Waals surface area contributed by atoms with Gasteiger partial charge in [-0.05, 0) is 31.2 Å². The lowest BCUT2D eigenvalue weighted by Crippen LogP contribution is -2.39. The molecule has 5 nitrogen and oxygen atoms in total. The Hall–Kier alpha value is -1.66. The molecule has 2 heterocycles. The van der Waals surface area contributed by atoms with Crippen molar-refractivity contribution >= 4 is 21.8 Å². The zero-order valence-electron chi connectivity index (χ0n) is 12.6. The van der Waals surface area contributed by atoms with Crippen LogP contribution in [0, 0.1) is 5.92 Å². The first kappa shape index (κ1) is 15.2. The summed E-state index contributed by atoms with van der Waals surface area (Å²) in [6, 6.07) is 9.84. The predicted molar refractivity (Wildman–Crippen MR) is 89.6 cm³/mol. The average Bonchev–Trinajstić information content (AvgIpc) is 3.07. The van der Waals surface area contributed by atoms with Gasteiger partial charge in [0, 0.05) is 29.2 Å². The van der Waals surface area contributed by atoms with E-state index in [9.17, 15) is 4.79 Å². The molecule has 0 saturated carbocycles. The molecule has 1 aliphatic rings. The number of hydrogen-bond acceptors (Lipinski definition) is 3. The standard InChI is InChI=1S/C16H19BrN4O/c1-10-8-21(2)9-15(10)18-16(22)14-7-13(19-20-14)11-3-5-12(17)6-4-11/h3-7,10,15H,8-9H2,1-2H3,(H,18,22)(H,19,20). The summed E-state index contributed by atoms with van der Waals surface area (Å²) in [6.45, 7) is 4.06. The van der Waals surface area contributed by atoms with Gasteiger partial charge in [-0.3, -0.25) is 9.89 Å². The van der Waals surface area contributed by atoms with E-state index in [4.69, 9.17) is 0 Å². The van der Waals surface area contributed by atoms with E-state index in [0.29, 0.717) is 11.6 Å². The Morgan fingerprint density at radius 3 is 2.73 bits per heavy atom. The van der Waals surface area contributed by atoms with Gasteiger partial charge in [-0.15, -0.1) is 0 Å². The Morgan fingerprint density at radius 2 is 2.09 bits per heavy atom. The van der Waals surface area contributed by atoms with Crippen molar-refractivity contribution in [2.75, 3.05) is 20.1 Å². The Morgan fingerprint density at radius 1 is 1.36 bits per heavy atom. The van der Waals surface area contributed by atoms with Gasteiger partial charge in [0.05, 0.1) is 5.69 Å². The van der Waals surface area contributed by atoms with Gasteiger partial charge in [-0.2, -0.15) is 5.10 Å². The van der Waals surface area contributed by atoms with Crippen LogP contribution in [0.3, 0.4) is 0 Å². The lowest BCUT2D eigenvalue weighted by atomic mass is 10.1. The van der Waals surface area contributed by atoms with Gasteiger partial charge >= 0.3 is 0 Å². The van der Waals surface area contributed by atoms with E-state index in [1.807, 2.05) is 24.3 Å². The fourth-order valence-electron chi connectivity index (χ4n) is 2.85. The van der Waals surface area contributed by atoms with Gasteiger partial charge in [-0.1, -0.05) is 35.0 Å². The molecule has 0 radical (unpaired) electrons. The van der Waals surface area contributed by atoms with Crippen molar-refractivity contribution in [3.8, 4) is 11.3 Å². The van der Waals surface area contributed by atoms with Crippen molar-refractivity contribution in [2.24, 2.45) is 5.92 Å². The number of H-pyrrole nitrogens is 1. The summed E-state index contributed by atoms with van der Waals surface area (Å²) in [7, 11) is 2.07. The lowest BCUT2D eigenvalue weighted by molar-refractivity contribution is 0.0926. The van der Waals surface area contributed by atoms with Crippen LogP contribution in [0.15, 0.2) is 34.8 Å². The largest absolute Gasteiger partial charge is 0.346 e. The van der Waals surface area contributed by atoms with E-state index in [2.05, 4.69) is 50.3 Å². The first-order chi connectivity index (χ1) is 10.5. The van der Waals surface area contributed by atoms with Crippen LogP contribution in [0.25, 0.3) is 11.3 Å². The van der Waals surface area contributed by atoms with Gasteiger partial charge in [-0.25, -0.2) is 0 Å². The molecule has 2 aromatic rings. The van der Waals surface area contributed by atoms with Gasteiger partial charge in [0.25, 0.3) is 5.91 Å². The van der Waals surface area contributed by atoms with Gasteiger partial charge in [0.2, 0.25) is 0 Å². The zero-order chi connectivity index (χ0) is 15.7. The molecule has 2 atom stereocenters. The van der Waals surface area contributed by atoms with E-state index >= 15 is 0 Å². The number of nitrogens with one attached hydrogen (secondary N) is 2. The van der Waals surface area contributed by atoms with Crippen molar-refractivity contribution in [2.45, 2.75) is 13.0 Å². The molecule has 0 spiro atoms. The number of amides is 1. The number of hydrogen-bond donors (Lipinski definition) is 2. The van der Waals surface area contributed by atoms with E-state index < -0.39 is 0 Å². The smallest absolute Gasteiger partial charge is 0.269 e. The summed E-state index contributed by atoms with van der Waals surface area (Å²) >= 11 is 3.41. The maximum absolute atomic E-state index is 12.3. The first-order valence-corrected chi connectivity index (χ1v) is 8.13. The summed E-state index contributed by atoms with van der Waals surface area (Å²) in [5.41, 5.74) is 2.25. The molecular weight excluding hydrogens is 344 g/mol. The van der Waals surface area contributed by atoms with Crippen LogP contribution >= 0.6 is 15.9 Å². The predicted octanol–water partition coefficient (Wildman–Crippen LogP) is 2.52. The number of halogens is 1. The Labute approximate surface area is 138 Å². The molecular formula is C16H19BrN4O. The van der Waals surface area contributed by atoms with Gasteiger partial charge in [0.15, 0.2) is 0 Å². The second-order valence-corrected chi connectivity index (χ2v) is 6.87. The molecule has 0 bridgehead atoms. The topological polar surface area (TPSA) is 61.0 Å². The van der Waals surface area contributed by atoms with E-state index in [0.717, 1.165) is 28.8 Å². The van der Waals surface area contributed by atoms with Crippen LogP contribution in [0.2, 0.25) is 0 Å². The number of rotatable bonds is 3. The monoisotopic (exact) mass is 362 g/mol. The van der Waals surface area contributed by atoms with Crippen LogP contribution in [0.4, 0.5) is 0 Å². The van der Waals surface area contributed by atoms with E-state index in [-0.39, 0.29) is 11.9 Å². The summed E-state index contributed by atoms with van der Waals surface area (Å²) in [5.74, 6) is 0.367.